The van der Waals surface area contributed by atoms with Gasteiger partial charge in [-0.3, -0.25) is 4.90 Å². The highest BCUT2D eigenvalue weighted by atomic mass is 15.4. The molecule has 0 aromatic carbocycles. The number of likely N-dealkylation sites (N-methyl/N-ethyl adjacent to an activating group) is 1. The normalized spacial score (nSPS) is 26.7. The Balaban J connectivity index is 2.31. The van der Waals surface area contributed by atoms with E-state index in [1.807, 2.05) is 0 Å². The number of nitrogens with zero attached hydrogens (tertiary/aromatic N) is 2. The molecule has 0 atom stereocenters. The van der Waals surface area contributed by atoms with Crippen LogP contribution in [0.3, 0.4) is 0 Å². The number of quaternary nitrogens is 1. The van der Waals surface area contributed by atoms with Crippen molar-refractivity contribution in [1.29, 1.82) is 0 Å². The average Bonchev–Trinajstić information content (AvgIpc) is 1.88. The summed E-state index contributed by atoms with van der Waals surface area (Å²) in [6.07, 6.45) is 0. The van der Waals surface area contributed by atoms with E-state index in [0.717, 1.165) is 0 Å². The highest BCUT2D eigenvalue weighted by Crippen LogP contribution is 2.06. The van der Waals surface area contributed by atoms with Crippen molar-refractivity contribution in [2.75, 3.05) is 40.3 Å². The summed E-state index contributed by atoms with van der Waals surface area (Å²) in [7, 11) is 4.60. The van der Waals surface area contributed by atoms with E-state index in [1.165, 1.54) is 30.7 Å². The molecule has 10 heavy (non-hydrogen) atoms. The third kappa shape index (κ3) is 1.96. The van der Waals surface area contributed by atoms with Crippen molar-refractivity contribution >= 4 is 0 Å². The van der Waals surface area contributed by atoms with Gasteiger partial charge in [-0.05, 0) is 6.92 Å². The van der Waals surface area contributed by atoms with Crippen LogP contribution in [0, 0.1) is 6.54 Å². The van der Waals surface area contributed by atoms with Crippen LogP contribution in [0.1, 0.15) is 6.92 Å². The molecule has 1 radical (unpaired) electrons. The van der Waals surface area contributed by atoms with E-state index in [9.17, 15) is 0 Å². The van der Waals surface area contributed by atoms with Gasteiger partial charge in [0, 0.05) is 19.6 Å². The van der Waals surface area contributed by atoms with Gasteiger partial charge in [-0.15, -0.1) is 0 Å². The van der Waals surface area contributed by atoms with Crippen molar-refractivity contribution in [1.82, 2.24) is 4.90 Å². The lowest BCUT2D eigenvalue weighted by Crippen LogP contribution is -2.53. The van der Waals surface area contributed by atoms with Gasteiger partial charge in [0.05, 0.1) is 27.2 Å². The first kappa shape index (κ1) is 8.02. The molecular formula is C8H18N2+. The van der Waals surface area contributed by atoms with Crippen LogP contribution < -0.4 is 0 Å². The molecule has 1 rings (SSSR count). The minimum Gasteiger partial charge on any atom is -0.326 e. The molecule has 0 saturated carbocycles. The van der Waals surface area contributed by atoms with Gasteiger partial charge < -0.3 is 4.48 Å². The van der Waals surface area contributed by atoms with E-state index < -0.39 is 0 Å². The number of piperazine rings is 1. The molecule has 59 valence electrons. The minimum atomic E-state index is 1.18. The zero-order chi connectivity index (χ0) is 7.61. The molecule has 1 aliphatic rings. The molecule has 0 aromatic heterocycles. The maximum absolute atomic E-state index is 2.39. The van der Waals surface area contributed by atoms with Crippen molar-refractivity contribution in [3.8, 4) is 0 Å². The molecule has 2 nitrogen and oxygen atoms in total. The summed E-state index contributed by atoms with van der Waals surface area (Å²) < 4.78 is 1.18. The summed E-state index contributed by atoms with van der Waals surface area (Å²) in [5.41, 5.74) is 0. The molecule has 0 amide bonds. The molecule has 1 fully saturated rings. The number of hydrogen-bond acceptors (Lipinski definition) is 1. The second-order valence-electron chi connectivity index (χ2n) is 3.68. The monoisotopic (exact) mass is 142 g/mol. The smallest absolute Gasteiger partial charge is 0.0912 e. The molecule has 1 aliphatic heterocycles. The molecule has 0 N–H and O–H groups in total. The molecular weight excluding hydrogens is 124 g/mol. The lowest BCUT2D eigenvalue weighted by Gasteiger charge is -2.38. The summed E-state index contributed by atoms with van der Waals surface area (Å²) in [5.74, 6) is 0. The highest BCUT2D eigenvalue weighted by Gasteiger charge is 2.22. The largest absolute Gasteiger partial charge is 0.326 e. The molecule has 0 unspecified atom stereocenters. The van der Waals surface area contributed by atoms with Crippen molar-refractivity contribution in [2.24, 2.45) is 0 Å². The highest BCUT2D eigenvalue weighted by molar-refractivity contribution is 4.66. The van der Waals surface area contributed by atoms with Crippen LogP contribution >= 0.6 is 0 Å². The van der Waals surface area contributed by atoms with E-state index in [1.54, 1.807) is 0 Å². The predicted octanol–water partition coefficient (Wildman–Crippen LogP) is 0.560. The third-order valence-electron chi connectivity index (χ3n) is 2.35. The van der Waals surface area contributed by atoms with Crippen molar-refractivity contribution in [3.63, 3.8) is 0 Å². The summed E-state index contributed by atoms with van der Waals surface area (Å²) in [4.78, 5) is 2.39. The van der Waals surface area contributed by atoms with E-state index in [0.29, 0.717) is 0 Å². The SMILES string of the molecule is C[CH]N1CC[N+](C)(C)CC1. The fourth-order valence-corrected chi connectivity index (χ4v) is 1.28. The second-order valence-corrected chi connectivity index (χ2v) is 3.68. The van der Waals surface area contributed by atoms with Crippen molar-refractivity contribution < 1.29 is 4.48 Å². The van der Waals surface area contributed by atoms with Crippen LogP contribution in [-0.4, -0.2) is 49.7 Å². The van der Waals surface area contributed by atoms with Gasteiger partial charge in [0.15, 0.2) is 0 Å². The Labute approximate surface area is 64.0 Å². The zero-order valence-electron chi connectivity index (χ0n) is 7.30. The topological polar surface area (TPSA) is 3.24 Å². The Bertz CT molecular complexity index is 99.8. The first-order chi connectivity index (χ1) is 4.64. The van der Waals surface area contributed by atoms with E-state index in [4.69, 9.17) is 0 Å². The zero-order valence-corrected chi connectivity index (χ0v) is 7.30. The molecule has 1 heterocycles. The summed E-state index contributed by atoms with van der Waals surface area (Å²) in [5, 5.41) is 0. The van der Waals surface area contributed by atoms with Crippen LogP contribution in [0.15, 0.2) is 0 Å². The van der Waals surface area contributed by atoms with Crippen LogP contribution in [0.25, 0.3) is 0 Å². The summed E-state index contributed by atoms with van der Waals surface area (Å²) in [6, 6.07) is 0. The minimum absolute atomic E-state index is 1.18. The summed E-state index contributed by atoms with van der Waals surface area (Å²) in [6.45, 7) is 9.33. The van der Waals surface area contributed by atoms with Gasteiger partial charge in [-0.1, -0.05) is 0 Å². The molecule has 2 heteroatoms. The van der Waals surface area contributed by atoms with Gasteiger partial charge in [0.25, 0.3) is 0 Å². The van der Waals surface area contributed by atoms with Gasteiger partial charge >= 0.3 is 0 Å². The van der Waals surface area contributed by atoms with Crippen LogP contribution in [0.4, 0.5) is 0 Å². The average molecular weight is 142 g/mol. The molecule has 0 bridgehead atoms. The van der Waals surface area contributed by atoms with Gasteiger partial charge in [-0.2, -0.15) is 0 Å². The van der Waals surface area contributed by atoms with Gasteiger partial charge in [0.2, 0.25) is 0 Å². The maximum Gasteiger partial charge on any atom is 0.0912 e. The first-order valence-electron chi connectivity index (χ1n) is 3.99. The lowest BCUT2D eigenvalue weighted by molar-refractivity contribution is -0.894. The number of hydrogen-bond donors (Lipinski definition) is 0. The van der Waals surface area contributed by atoms with Crippen molar-refractivity contribution in [2.45, 2.75) is 6.92 Å². The maximum atomic E-state index is 2.39. The molecule has 1 saturated heterocycles. The number of rotatable bonds is 1. The predicted molar refractivity (Wildman–Crippen MR) is 43.4 cm³/mol. The molecule has 0 spiro atoms. The lowest BCUT2D eigenvalue weighted by atomic mass is 10.3. The molecule has 0 aliphatic carbocycles. The fraction of sp³-hybridized carbons (Fsp3) is 0.875. The second kappa shape index (κ2) is 2.89. The fourth-order valence-electron chi connectivity index (χ4n) is 1.28. The Morgan fingerprint density at radius 2 is 1.70 bits per heavy atom. The molecule has 0 aromatic rings. The van der Waals surface area contributed by atoms with Gasteiger partial charge in [-0.25, -0.2) is 0 Å². The first-order valence-corrected chi connectivity index (χ1v) is 3.99. The quantitative estimate of drug-likeness (QED) is 0.484. The van der Waals surface area contributed by atoms with Crippen LogP contribution in [-0.2, 0) is 0 Å². The Morgan fingerprint density at radius 3 is 2.10 bits per heavy atom. The third-order valence-corrected chi connectivity index (χ3v) is 2.35. The Morgan fingerprint density at radius 1 is 1.20 bits per heavy atom. The van der Waals surface area contributed by atoms with E-state index in [2.05, 4.69) is 32.5 Å². The van der Waals surface area contributed by atoms with E-state index in [-0.39, 0.29) is 0 Å². The Hall–Kier alpha value is -0.0800. The van der Waals surface area contributed by atoms with Crippen LogP contribution in [0.2, 0.25) is 0 Å². The van der Waals surface area contributed by atoms with Gasteiger partial charge in [0.1, 0.15) is 0 Å². The standard InChI is InChI=1S/C8H18N2/c1-4-9-5-7-10(2,3)8-6-9/h4H,5-8H2,1-3H3/q+1. The summed E-state index contributed by atoms with van der Waals surface area (Å²) >= 11 is 0. The Kier molecular flexibility index (Phi) is 2.32. The van der Waals surface area contributed by atoms with E-state index >= 15 is 0 Å². The van der Waals surface area contributed by atoms with Crippen LogP contribution in [0.5, 0.6) is 0 Å². The van der Waals surface area contributed by atoms with Crippen molar-refractivity contribution in [3.05, 3.63) is 6.54 Å².